The van der Waals surface area contributed by atoms with E-state index in [1.165, 1.54) is 0 Å². The second kappa shape index (κ2) is 9.28. The van der Waals surface area contributed by atoms with Gasteiger partial charge in [-0.3, -0.25) is 14.4 Å². The van der Waals surface area contributed by atoms with Gasteiger partial charge in [-0.2, -0.15) is 0 Å². The van der Waals surface area contributed by atoms with Gasteiger partial charge < -0.3 is 15.4 Å². The monoisotopic (exact) mass is 415 g/mol. The minimum atomic E-state index is -0.902. The molecule has 162 valence electrons. The van der Waals surface area contributed by atoms with Crippen molar-refractivity contribution in [3.8, 4) is 0 Å². The zero-order chi connectivity index (χ0) is 21.8. The third-order valence-electron chi connectivity index (χ3n) is 5.91. The Hall–Kier alpha value is -2.90. The fourth-order valence-corrected chi connectivity index (χ4v) is 4.21. The Morgan fingerprint density at radius 1 is 1.17 bits per heavy atom. The van der Waals surface area contributed by atoms with E-state index in [0.29, 0.717) is 36.7 Å². The van der Waals surface area contributed by atoms with Crippen molar-refractivity contribution >= 4 is 22.8 Å². The number of aromatic amines is 1. The standard InChI is InChI=1S/C22H29N3O5/c1-13(2)11-18(19(26)23-12-14-7-9-15(10-8-14)21(28)29)25-20(27)16-5-3-4-6-17(16)24-22(25)30/h3-6,13-15,18H,7-12H2,1-2H3,(H,23,26)(H,24,30)(H,28,29). The van der Waals surface area contributed by atoms with E-state index in [2.05, 4.69) is 10.3 Å². The lowest BCUT2D eigenvalue weighted by atomic mass is 9.82. The fourth-order valence-electron chi connectivity index (χ4n) is 4.21. The minimum Gasteiger partial charge on any atom is -0.481 e. The summed E-state index contributed by atoms with van der Waals surface area (Å²) in [5, 5.41) is 12.4. The summed E-state index contributed by atoms with van der Waals surface area (Å²) >= 11 is 0. The van der Waals surface area contributed by atoms with Gasteiger partial charge in [-0.15, -0.1) is 0 Å². The second-order valence-electron chi connectivity index (χ2n) is 8.60. The number of H-pyrrole nitrogens is 1. The molecule has 0 radical (unpaired) electrons. The molecule has 0 aliphatic heterocycles. The summed E-state index contributed by atoms with van der Waals surface area (Å²) in [6, 6.07) is 5.85. The fraction of sp³-hybridized carbons (Fsp3) is 0.545. The number of nitrogens with one attached hydrogen (secondary N) is 2. The van der Waals surface area contributed by atoms with E-state index < -0.39 is 23.3 Å². The average Bonchev–Trinajstić information content (AvgIpc) is 2.71. The molecule has 1 aromatic heterocycles. The van der Waals surface area contributed by atoms with Gasteiger partial charge in [0.25, 0.3) is 5.56 Å². The first kappa shape index (κ1) is 21.8. The molecule has 1 aliphatic rings. The number of amides is 1. The van der Waals surface area contributed by atoms with Crippen molar-refractivity contribution in [3.05, 3.63) is 45.1 Å². The predicted octanol–water partition coefficient (Wildman–Crippen LogP) is 2.28. The van der Waals surface area contributed by atoms with Crippen LogP contribution in [-0.2, 0) is 9.59 Å². The molecule has 1 saturated carbocycles. The number of carboxylic acids is 1. The van der Waals surface area contributed by atoms with E-state index in [4.69, 9.17) is 5.11 Å². The van der Waals surface area contributed by atoms with Gasteiger partial charge in [-0.05, 0) is 56.1 Å². The Morgan fingerprint density at radius 3 is 2.47 bits per heavy atom. The molecule has 1 aliphatic carbocycles. The van der Waals surface area contributed by atoms with E-state index in [9.17, 15) is 19.2 Å². The summed E-state index contributed by atoms with van der Waals surface area (Å²) in [6.07, 6.45) is 3.05. The van der Waals surface area contributed by atoms with Crippen molar-refractivity contribution in [2.75, 3.05) is 6.54 Å². The normalized spacial score (nSPS) is 20.2. The first-order valence-electron chi connectivity index (χ1n) is 10.5. The third kappa shape index (κ3) is 4.80. The number of aliphatic carboxylic acids is 1. The molecule has 1 unspecified atom stereocenters. The molecule has 8 heteroatoms. The average molecular weight is 415 g/mol. The van der Waals surface area contributed by atoms with Gasteiger partial charge >= 0.3 is 11.7 Å². The van der Waals surface area contributed by atoms with Crippen LogP contribution in [0.1, 0.15) is 52.0 Å². The maximum atomic E-state index is 13.0. The number of hydrogen-bond donors (Lipinski definition) is 3. The molecule has 1 heterocycles. The number of fused-ring (bicyclic) bond motifs is 1. The lowest BCUT2D eigenvalue weighted by Gasteiger charge is -2.27. The second-order valence-corrected chi connectivity index (χ2v) is 8.60. The van der Waals surface area contributed by atoms with Crippen molar-refractivity contribution in [3.63, 3.8) is 0 Å². The van der Waals surface area contributed by atoms with Crippen LogP contribution in [0.2, 0.25) is 0 Å². The Bertz CT molecular complexity index is 1030. The van der Waals surface area contributed by atoms with E-state index in [-0.39, 0.29) is 23.7 Å². The highest BCUT2D eigenvalue weighted by atomic mass is 16.4. The van der Waals surface area contributed by atoms with Crippen LogP contribution in [-0.4, -0.2) is 33.1 Å². The van der Waals surface area contributed by atoms with Gasteiger partial charge in [0.15, 0.2) is 0 Å². The largest absolute Gasteiger partial charge is 0.481 e. The Morgan fingerprint density at radius 2 is 1.83 bits per heavy atom. The van der Waals surface area contributed by atoms with Gasteiger partial charge in [-0.25, -0.2) is 9.36 Å². The van der Waals surface area contributed by atoms with Crippen molar-refractivity contribution in [2.24, 2.45) is 17.8 Å². The first-order valence-corrected chi connectivity index (χ1v) is 10.5. The number of hydrogen-bond acceptors (Lipinski definition) is 4. The van der Waals surface area contributed by atoms with E-state index >= 15 is 0 Å². The Kier molecular flexibility index (Phi) is 6.74. The van der Waals surface area contributed by atoms with Crippen LogP contribution in [0.25, 0.3) is 10.9 Å². The van der Waals surface area contributed by atoms with Crippen molar-refractivity contribution < 1.29 is 14.7 Å². The molecule has 8 nitrogen and oxygen atoms in total. The molecule has 2 aromatic rings. The number of carboxylic acid groups (broad SMARTS) is 1. The SMILES string of the molecule is CC(C)CC(C(=O)NCC1CCC(C(=O)O)CC1)n1c(=O)[nH]c2ccccc2c1=O. The quantitative estimate of drug-likeness (QED) is 0.641. The van der Waals surface area contributed by atoms with Crippen LogP contribution in [0.4, 0.5) is 0 Å². The first-order chi connectivity index (χ1) is 14.3. The van der Waals surface area contributed by atoms with Crippen LogP contribution in [0.5, 0.6) is 0 Å². The highest BCUT2D eigenvalue weighted by Crippen LogP contribution is 2.28. The summed E-state index contributed by atoms with van der Waals surface area (Å²) in [4.78, 5) is 52.5. The van der Waals surface area contributed by atoms with Gasteiger partial charge in [0, 0.05) is 6.54 Å². The molecule has 3 rings (SSSR count). The van der Waals surface area contributed by atoms with Crippen LogP contribution in [0.15, 0.2) is 33.9 Å². The molecule has 1 amide bonds. The minimum absolute atomic E-state index is 0.101. The van der Waals surface area contributed by atoms with Gasteiger partial charge in [0.05, 0.1) is 16.8 Å². The van der Waals surface area contributed by atoms with Crippen LogP contribution >= 0.6 is 0 Å². The number of nitrogens with zero attached hydrogens (tertiary/aromatic N) is 1. The summed E-state index contributed by atoms with van der Waals surface area (Å²) < 4.78 is 1.03. The highest BCUT2D eigenvalue weighted by molar-refractivity contribution is 5.81. The van der Waals surface area contributed by atoms with Crippen molar-refractivity contribution in [1.29, 1.82) is 0 Å². The van der Waals surface area contributed by atoms with Gasteiger partial charge in [0.1, 0.15) is 6.04 Å². The van der Waals surface area contributed by atoms with Crippen LogP contribution < -0.4 is 16.6 Å². The number of aromatic nitrogens is 2. The van der Waals surface area contributed by atoms with Gasteiger partial charge in [-0.1, -0.05) is 26.0 Å². The zero-order valence-corrected chi connectivity index (χ0v) is 17.4. The molecule has 1 fully saturated rings. The zero-order valence-electron chi connectivity index (χ0n) is 17.4. The van der Waals surface area contributed by atoms with Crippen molar-refractivity contribution in [2.45, 2.75) is 52.0 Å². The van der Waals surface area contributed by atoms with Gasteiger partial charge in [0.2, 0.25) is 5.91 Å². The summed E-state index contributed by atoms with van der Waals surface area (Å²) in [6.45, 7) is 4.29. The number of carbonyl (C=O) groups is 2. The van der Waals surface area contributed by atoms with E-state index in [1.54, 1.807) is 24.3 Å². The Balaban J connectivity index is 1.79. The number of benzene rings is 1. The lowest BCUT2D eigenvalue weighted by Crippen LogP contribution is -2.46. The molecule has 1 aromatic carbocycles. The summed E-state index contributed by atoms with van der Waals surface area (Å²) in [5.41, 5.74) is -0.624. The molecule has 3 N–H and O–H groups in total. The predicted molar refractivity (Wildman–Crippen MR) is 113 cm³/mol. The Labute approximate surface area is 174 Å². The molecule has 30 heavy (non-hydrogen) atoms. The molecular formula is C22H29N3O5. The molecule has 1 atom stereocenters. The number of rotatable bonds is 7. The maximum absolute atomic E-state index is 13.0. The third-order valence-corrected chi connectivity index (χ3v) is 5.91. The highest BCUT2D eigenvalue weighted by Gasteiger charge is 2.29. The topological polar surface area (TPSA) is 121 Å². The van der Waals surface area contributed by atoms with Crippen LogP contribution in [0, 0.1) is 17.8 Å². The summed E-state index contributed by atoms with van der Waals surface area (Å²) in [5.74, 6) is -1.11. The molecule has 0 spiro atoms. The number of para-hydroxylation sites is 1. The van der Waals surface area contributed by atoms with Crippen molar-refractivity contribution in [1.82, 2.24) is 14.9 Å². The smallest absolute Gasteiger partial charge is 0.329 e. The molecule has 0 bridgehead atoms. The number of carbonyl (C=O) groups excluding carboxylic acids is 1. The molecular weight excluding hydrogens is 386 g/mol. The lowest BCUT2D eigenvalue weighted by molar-refractivity contribution is -0.143. The van der Waals surface area contributed by atoms with E-state index in [0.717, 1.165) is 17.4 Å². The van der Waals surface area contributed by atoms with Crippen LogP contribution in [0.3, 0.4) is 0 Å². The summed E-state index contributed by atoms with van der Waals surface area (Å²) in [7, 11) is 0. The van der Waals surface area contributed by atoms with E-state index in [1.807, 2.05) is 13.8 Å². The molecule has 0 saturated heterocycles. The maximum Gasteiger partial charge on any atom is 0.329 e.